The molecular formula is C50H47N3OSi3. The first-order valence-electron chi connectivity index (χ1n) is 22.2. The summed E-state index contributed by atoms with van der Waals surface area (Å²) in [5.41, 5.74) is 6.44. The Kier molecular flexibility index (Phi) is 8.06. The third-order valence-corrected chi connectivity index (χ3v) is 21.1. The van der Waals surface area contributed by atoms with Gasteiger partial charge in [-0.1, -0.05) is 172 Å². The second kappa shape index (κ2) is 14.6. The summed E-state index contributed by atoms with van der Waals surface area (Å²) < 4.78 is 51.2. The highest BCUT2D eigenvalue weighted by molar-refractivity contribution is 7.20. The molecule has 7 aromatic carbocycles. The zero-order chi connectivity index (χ0) is 42.0. The van der Waals surface area contributed by atoms with Crippen LogP contribution in [0.15, 0.2) is 176 Å². The minimum absolute atomic E-state index is 0.352. The summed E-state index contributed by atoms with van der Waals surface area (Å²) >= 11 is 0. The van der Waals surface area contributed by atoms with Crippen LogP contribution in [0, 0.1) is 0 Å². The van der Waals surface area contributed by atoms with E-state index in [9.17, 15) is 4.94 Å². The fourth-order valence-corrected chi connectivity index (χ4v) is 18.2. The number of hydrogen-bond donors (Lipinski definition) is 0. The number of imidazole rings is 2. The maximum atomic E-state index is 10.2. The van der Waals surface area contributed by atoms with Gasteiger partial charge >= 0.3 is 0 Å². The van der Waals surface area contributed by atoms with Gasteiger partial charge in [0.15, 0.2) is 8.07 Å². The van der Waals surface area contributed by atoms with Crippen LogP contribution in [-0.2, 0) is 4.66 Å². The molecule has 0 radical (unpaired) electrons. The van der Waals surface area contributed by atoms with Crippen molar-refractivity contribution in [2.75, 3.05) is 0 Å². The first-order valence-corrected chi connectivity index (χ1v) is 24.6. The lowest BCUT2D eigenvalue weighted by Crippen LogP contribution is -2.75. The van der Waals surface area contributed by atoms with Crippen molar-refractivity contribution >= 4 is 75.4 Å². The van der Waals surface area contributed by atoms with Gasteiger partial charge in [-0.05, 0) is 74.3 Å². The fraction of sp³-hybridized carbons (Fsp3) is 0.140. The molecule has 1 aliphatic rings. The van der Waals surface area contributed by atoms with Crippen LogP contribution in [0.1, 0.15) is 37.8 Å². The number of benzene rings is 7. The van der Waals surface area contributed by atoms with Crippen LogP contribution in [0.2, 0.25) is 12.1 Å². The maximum Gasteiger partial charge on any atom is 0.220 e. The van der Waals surface area contributed by atoms with Gasteiger partial charge in [0.05, 0.1) is 22.1 Å². The second-order valence-electron chi connectivity index (χ2n) is 15.0. The van der Waals surface area contributed by atoms with Gasteiger partial charge in [0.25, 0.3) is 0 Å². The smallest absolute Gasteiger partial charge is 0.220 e. The van der Waals surface area contributed by atoms with Crippen molar-refractivity contribution in [3.8, 4) is 17.2 Å². The van der Waals surface area contributed by atoms with Crippen molar-refractivity contribution < 1.29 is 4.74 Å². The van der Waals surface area contributed by atoms with Gasteiger partial charge in [0.1, 0.15) is 11.5 Å². The highest BCUT2D eigenvalue weighted by Gasteiger charge is 2.48. The van der Waals surface area contributed by atoms with Crippen molar-refractivity contribution in [1.82, 2.24) is 14.0 Å². The molecule has 0 saturated heterocycles. The van der Waals surface area contributed by atoms with Gasteiger partial charge in [0, 0.05) is 34.1 Å². The number of nitrogens with zero attached hydrogens (tertiary/aromatic N) is 3. The van der Waals surface area contributed by atoms with E-state index in [4.69, 9.17) is 9.72 Å². The number of ether oxygens (including phenoxy) is 1. The molecular weight excluding hydrogens is 743 g/mol. The zero-order valence-corrected chi connectivity index (χ0v) is 35.3. The Bertz CT molecular complexity index is 3020. The van der Waals surface area contributed by atoms with E-state index in [1.807, 2.05) is 50.2 Å². The Morgan fingerprint density at radius 3 is 1.89 bits per heavy atom. The molecule has 0 N–H and O–H groups in total. The van der Waals surface area contributed by atoms with Crippen molar-refractivity contribution in [3.05, 3.63) is 187 Å². The van der Waals surface area contributed by atoms with Gasteiger partial charge in [0.2, 0.25) is 5.78 Å². The predicted molar refractivity (Wildman–Crippen MR) is 248 cm³/mol. The average Bonchev–Trinajstić information content (AvgIpc) is 3.81. The monoisotopic (exact) mass is 793 g/mol. The van der Waals surface area contributed by atoms with E-state index in [1.165, 1.54) is 0 Å². The van der Waals surface area contributed by atoms with Gasteiger partial charge in [-0.25, -0.2) is 4.98 Å². The van der Waals surface area contributed by atoms with Gasteiger partial charge in [-0.2, -0.15) is 0 Å². The van der Waals surface area contributed by atoms with E-state index in [2.05, 4.69) is 148 Å². The number of fused-ring (bicyclic) bond motifs is 7. The lowest BCUT2D eigenvalue weighted by atomic mass is 9.98. The third-order valence-electron chi connectivity index (χ3n) is 11.7. The van der Waals surface area contributed by atoms with E-state index in [0.29, 0.717) is 47.6 Å². The quantitative estimate of drug-likeness (QED) is 0.0980. The molecule has 57 heavy (non-hydrogen) atoms. The van der Waals surface area contributed by atoms with E-state index in [0.717, 1.165) is 54.3 Å². The largest absolute Gasteiger partial charge is 0.457 e. The molecule has 9 aromatic rings. The van der Waals surface area contributed by atoms with Crippen molar-refractivity contribution in [1.29, 1.82) is 4.94 Å². The molecule has 0 atom stereocenters. The normalized spacial score (nSPS) is 15.0. The summed E-state index contributed by atoms with van der Waals surface area (Å²) in [6, 6.07) is 61.9. The van der Waals surface area contributed by atoms with Crippen molar-refractivity contribution in [3.63, 3.8) is 0 Å². The molecule has 7 heteroatoms. The molecule has 280 valence electrons. The van der Waals surface area contributed by atoms with Crippen LogP contribution >= 0.6 is 0 Å². The summed E-state index contributed by atoms with van der Waals surface area (Å²) in [5, 5.41) is 4.40. The Labute approximate surface area is 345 Å². The highest BCUT2D eigenvalue weighted by Crippen LogP contribution is 2.48. The van der Waals surface area contributed by atoms with Crippen molar-refractivity contribution in [2.24, 2.45) is 0 Å². The number of para-hydroxylation sites is 6. The molecule has 0 spiro atoms. The Balaban J connectivity index is 1.34. The molecule has 0 fully saturated rings. The fourth-order valence-electron chi connectivity index (χ4n) is 9.25. The molecule has 1 aliphatic heterocycles. The first kappa shape index (κ1) is 31.4. The molecule has 10 rings (SSSR count). The molecule has 0 saturated carbocycles. The van der Waals surface area contributed by atoms with Crippen LogP contribution in [0.4, 0.5) is 0 Å². The first-order chi connectivity index (χ1) is 29.7. The highest BCUT2D eigenvalue weighted by atomic mass is 28.3. The predicted octanol–water partition coefficient (Wildman–Crippen LogP) is 8.11. The van der Waals surface area contributed by atoms with E-state index < -0.39 is 31.5 Å². The van der Waals surface area contributed by atoms with Crippen LogP contribution in [-0.4, -0.2) is 45.7 Å². The van der Waals surface area contributed by atoms with E-state index in [-0.39, 0.29) is 0 Å². The lowest BCUT2D eigenvalue weighted by molar-refractivity contribution is 0.455. The van der Waals surface area contributed by atoms with E-state index in [1.54, 1.807) is 0 Å². The summed E-state index contributed by atoms with van der Waals surface area (Å²) in [5.74, 6) is 2.01. The zero-order valence-electron chi connectivity index (χ0n) is 36.3. The number of aromatic nitrogens is 3. The summed E-state index contributed by atoms with van der Waals surface area (Å²) in [4.78, 5) is 5.22. The number of rotatable bonds is 11. The van der Waals surface area contributed by atoms with Crippen LogP contribution < -0.4 is 25.5 Å². The molecule has 2 aromatic heterocycles. The van der Waals surface area contributed by atoms with Gasteiger partial charge in [-0.15, -0.1) is 0 Å². The minimum atomic E-state index is -3.95. The number of hydrogen-bond acceptors (Lipinski definition) is 2. The molecule has 0 bridgehead atoms. The van der Waals surface area contributed by atoms with Crippen LogP contribution in [0.5, 0.6) is 11.5 Å². The van der Waals surface area contributed by atoms with Crippen LogP contribution in [0.3, 0.4) is 0 Å². The maximum absolute atomic E-state index is 10.2. The third kappa shape index (κ3) is 5.55. The molecule has 4 nitrogen and oxygen atoms in total. The Morgan fingerprint density at radius 2 is 1.18 bits per heavy atom. The lowest BCUT2D eigenvalue weighted by Gasteiger charge is -2.44. The molecule has 0 unspecified atom stereocenters. The second-order valence-corrected chi connectivity index (χ2v) is 22.5. The average molecular weight is 794 g/mol. The standard InChI is InChI=1S/C50H47N3OSi3/c1-3-33-55-50(56-34-4-2)40-25-11-16-31-46(40)54-48-41(50)26-18-32-47(48)57(37-20-7-5-8-21-37,38-22-9-6-10-23-38)39-24-17-19-36(35-39)52-44-29-14-15-30-45(44)53-43-28-13-12-27-42(43)51-49(52)53/h5-32,35H,3-4,33-34,55-56H2,1-2H3/i55D2,56D2. The van der Waals surface area contributed by atoms with Gasteiger partial charge in [-0.3, -0.25) is 8.97 Å². The summed E-state index contributed by atoms with van der Waals surface area (Å²) in [6.45, 7) is 4.06. The van der Waals surface area contributed by atoms with Gasteiger partial charge < -0.3 is 4.74 Å². The Hall–Kier alpha value is -5.74. The minimum Gasteiger partial charge on any atom is -0.457 e. The topological polar surface area (TPSA) is 31.5 Å². The van der Waals surface area contributed by atoms with Crippen LogP contribution in [0.25, 0.3) is 33.5 Å². The molecule has 0 amide bonds. The van der Waals surface area contributed by atoms with E-state index >= 15 is 0 Å². The molecule has 3 heterocycles. The summed E-state index contributed by atoms with van der Waals surface area (Å²) in [7, 11) is -11.3. The SMILES string of the molecule is [2H][Si]([2H])(CCC)C1([Si]([2H])([2H])CCC)c2ccccc2Oc2c1cccc2[Si](c1ccccc1)(c1ccccc1)c1cccc(-n2c3ccccc3n3c4ccccc4nc23)c1. The van der Waals surface area contributed by atoms with Crippen molar-refractivity contribution in [2.45, 2.75) is 43.4 Å². The molecule has 0 aliphatic carbocycles. The summed E-state index contributed by atoms with van der Waals surface area (Å²) in [6.07, 6.45) is 1.28. The Morgan fingerprint density at radius 1 is 0.596 bits per heavy atom.